The number of halogens is 1. The fraction of sp³-hybridized carbons (Fsp3) is 0.231. The van der Waals surface area contributed by atoms with Crippen LogP contribution in [-0.2, 0) is 16.0 Å². The Labute approximate surface area is 102 Å². The van der Waals surface area contributed by atoms with Gasteiger partial charge in [0.2, 0.25) is 5.91 Å². The molecule has 1 aromatic heterocycles. The monoisotopic (exact) mass is 247 g/mol. The number of methoxy groups -OCH3 is 1. The Kier molecular flexibility index (Phi) is 2.23. The number of aromatic nitrogens is 1. The summed E-state index contributed by atoms with van der Waals surface area (Å²) >= 11 is 0. The van der Waals surface area contributed by atoms with E-state index in [9.17, 15) is 14.0 Å². The second-order valence-corrected chi connectivity index (χ2v) is 4.29. The lowest BCUT2D eigenvalue weighted by Gasteiger charge is -2.05. The zero-order chi connectivity index (χ0) is 12.9. The summed E-state index contributed by atoms with van der Waals surface area (Å²) in [5, 5.41) is 0.795. The number of hydrogen-bond donors (Lipinski definition) is 0. The zero-order valence-electron chi connectivity index (χ0n) is 9.64. The van der Waals surface area contributed by atoms with E-state index in [-0.39, 0.29) is 5.91 Å². The molecule has 1 atom stereocenters. The van der Waals surface area contributed by atoms with Crippen LogP contribution >= 0.6 is 0 Å². The van der Waals surface area contributed by atoms with Gasteiger partial charge >= 0.3 is 5.97 Å². The first kappa shape index (κ1) is 11.0. The quantitative estimate of drug-likeness (QED) is 0.570. The van der Waals surface area contributed by atoms with Crippen LogP contribution in [0.25, 0.3) is 10.9 Å². The Morgan fingerprint density at radius 3 is 2.94 bits per heavy atom. The minimum atomic E-state index is -0.808. The van der Waals surface area contributed by atoms with E-state index in [1.54, 1.807) is 12.1 Å². The highest BCUT2D eigenvalue weighted by Crippen LogP contribution is 2.30. The summed E-state index contributed by atoms with van der Waals surface area (Å²) in [4.78, 5) is 23.6. The van der Waals surface area contributed by atoms with E-state index in [0.717, 1.165) is 11.1 Å². The fourth-order valence-corrected chi connectivity index (χ4v) is 2.42. The highest BCUT2D eigenvalue weighted by atomic mass is 19.1. The molecule has 1 aromatic carbocycles. The van der Waals surface area contributed by atoms with Gasteiger partial charge in [-0.25, -0.2) is 4.39 Å². The number of benzene rings is 1. The zero-order valence-corrected chi connectivity index (χ0v) is 9.64. The lowest BCUT2D eigenvalue weighted by atomic mass is 10.1. The Hall–Kier alpha value is -2.17. The summed E-state index contributed by atoms with van der Waals surface area (Å²) in [7, 11) is 1.25. The minimum Gasteiger partial charge on any atom is -0.468 e. The number of fused-ring (bicyclic) bond motifs is 3. The van der Waals surface area contributed by atoms with Crippen LogP contribution in [0.4, 0.5) is 4.39 Å². The van der Waals surface area contributed by atoms with Crippen molar-refractivity contribution in [3.8, 4) is 0 Å². The van der Waals surface area contributed by atoms with Crippen molar-refractivity contribution < 1.29 is 18.7 Å². The van der Waals surface area contributed by atoms with Crippen molar-refractivity contribution in [2.45, 2.75) is 6.42 Å². The predicted octanol–water partition coefficient (Wildman–Crippen LogP) is 1.77. The smallest absolute Gasteiger partial charge is 0.318 e. The van der Waals surface area contributed by atoms with Crippen molar-refractivity contribution in [2.24, 2.45) is 5.92 Å². The lowest BCUT2D eigenvalue weighted by molar-refractivity contribution is -0.143. The summed E-state index contributed by atoms with van der Waals surface area (Å²) in [5.41, 5.74) is 1.22. The number of hydrogen-bond acceptors (Lipinski definition) is 3. The molecule has 0 aliphatic carbocycles. The molecule has 0 amide bonds. The molecule has 5 heteroatoms. The van der Waals surface area contributed by atoms with E-state index in [2.05, 4.69) is 4.74 Å². The Morgan fingerprint density at radius 1 is 1.44 bits per heavy atom. The molecule has 18 heavy (non-hydrogen) atoms. The van der Waals surface area contributed by atoms with Gasteiger partial charge in [-0.1, -0.05) is 0 Å². The van der Waals surface area contributed by atoms with E-state index in [4.69, 9.17) is 0 Å². The molecule has 0 radical (unpaired) electrons. The van der Waals surface area contributed by atoms with Crippen molar-refractivity contribution in [2.75, 3.05) is 7.11 Å². The summed E-state index contributed by atoms with van der Waals surface area (Å²) < 4.78 is 19.2. The van der Waals surface area contributed by atoms with Crippen LogP contribution in [0, 0.1) is 11.7 Å². The second kappa shape index (κ2) is 3.66. The van der Waals surface area contributed by atoms with E-state index in [0.29, 0.717) is 11.9 Å². The van der Waals surface area contributed by atoms with Crippen molar-refractivity contribution in [1.29, 1.82) is 0 Å². The Morgan fingerprint density at radius 2 is 2.22 bits per heavy atom. The van der Waals surface area contributed by atoms with Crippen molar-refractivity contribution >= 4 is 22.8 Å². The van der Waals surface area contributed by atoms with E-state index in [1.807, 2.05) is 0 Å². The highest BCUT2D eigenvalue weighted by Gasteiger charge is 2.37. The van der Waals surface area contributed by atoms with Gasteiger partial charge < -0.3 is 4.74 Å². The number of nitrogens with zero attached hydrogens (tertiary/aromatic N) is 1. The summed E-state index contributed by atoms with van der Waals surface area (Å²) in [6.45, 7) is 0. The van der Waals surface area contributed by atoms with Gasteiger partial charge in [0.05, 0.1) is 12.6 Å². The molecule has 0 bridgehead atoms. The molecular formula is C13H10FNO3. The lowest BCUT2D eigenvalue weighted by Crippen LogP contribution is -2.24. The molecule has 1 aliphatic rings. The van der Waals surface area contributed by atoms with Gasteiger partial charge in [0.25, 0.3) is 0 Å². The summed E-state index contributed by atoms with van der Waals surface area (Å²) in [5.74, 6) is -2.11. The molecule has 0 fully saturated rings. The van der Waals surface area contributed by atoms with Crippen LogP contribution in [-0.4, -0.2) is 23.6 Å². The second-order valence-electron chi connectivity index (χ2n) is 4.29. The largest absolute Gasteiger partial charge is 0.468 e. The minimum absolute atomic E-state index is 0.307. The van der Waals surface area contributed by atoms with Crippen LogP contribution in [0.5, 0.6) is 0 Å². The van der Waals surface area contributed by atoms with Crippen LogP contribution in [0.2, 0.25) is 0 Å². The van der Waals surface area contributed by atoms with Gasteiger partial charge in [0.15, 0.2) is 0 Å². The van der Waals surface area contributed by atoms with Gasteiger partial charge in [-0.3, -0.25) is 14.2 Å². The first-order valence-electron chi connectivity index (χ1n) is 5.53. The van der Waals surface area contributed by atoms with E-state index < -0.39 is 17.7 Å². The van der Waals surface area contributed by atoms with Crippen LogP contribution in [0.3, 0.4) is 0 Å². The number of carbonyl (C=O) groups is 2. The number of rotatable bonds is 1. The maximum Gasteiger partial charge on any atom is 0.318 e. The van der Waals surface area contributed by atoms with Crippen LogP contribution in [0.15, 0.2) is 24.3 Å². The molecule has 2 heterocycles. The Bertz CT molecular complexity index is 674. The van der Waals surface area contributed by atoms with Gasteiger partial charge in [-0.05, 0) is 24.3 Å². The third-order valence-electron chi connectivity index (χ3n) is 3.26. The van der Waals surface area contributed by atoms with Gasteiger partial charge in [0.1, 0.15) is 11.7 Å². The summed E-state index contributed by atoms with van der Waals surface area (Å²) in [6.07, 6.45) is 0.307. The highest BCUT2D eigenvalue weighted by molar-refractivity contribution is 6.06. The van der Waals surface area contributed by atoms with Gasteiger partial charge in [-0.2, -0.15) is 0 Å². The normalized spacial score (nSPS) is 18.1. The van der Waals surface area contributed by atoms with Gasteiger partial charge in [-0.15, -0.1) is 0 Å². The topological polar surface area (TPSA) is 48.3 Å². The average Bonchev–Trinajstić information content (AvgIpc) is 2.86. The maximum atomic E-state index is 13.2. The Balaban J connectivity index is 2.15. The first-order valence-corrected chi connectivity index (χ1v) is 5.53. The van der Waals surface area contributed by atoms with Crippen LogP contribution < -0.4 is 0 Å². The average molecular weight is 247 g/mol. The molecule has 2 aromatic rings. The molecule has 0 N–H and O–H groups in total. The third-order valence-corrected chi connectivity index (χ3v) is 3.26. The molecule has 4 nitrogen and oxygen atoms in total. The standard InChI is InChI=1S/C13H10FNO3/c1-18-13(17)10-6-9-4-7-2-3-8(14)5-11(7)15(9)12(10)16/h2-5,10H,6H2,1H3. The van der Waals surface area contributed by atoms with Crippen molar-refractivity contribution in [3.05, 3.63) is 35.8 Å². The van der Waals surface area contributed by atoms with Crippen LogP contribution in [0.1, 0.15) is 10.5 Å². The third kappa shape index (κ3) is 1.37. The molecule has 0 saturated heterocycles. The van der Waals surface area contributed by atoms with Gasteiger partial charge in [0, 0.05) is 17.5 Å². The molecule has 92 valence electrons. The number of esters is 1. The molecular weight excluding hydrogens is 237 g/mol. The summed E-state index contributed by atoms with van der Waals surface area (Å²) in [6, 6.07) is 6.07. The predicted molar refractivity (Wildman–Crippen MR) is 61.7 cm³/mol. The SMILES string of the molecule is COC(=O)C1Cc2cc3ccc(F)cc3n2C1=O. The van der Waals surface area contributed by atoms with Crippen molar-refractivity contribution in [3.63, 3.8) is 0 Å². The number of ether oxygens (including phenoxy) is 1. The number of carbonyl (C=O) groups excluding carboxylic acids is 2. The first-order chi connectivity index (χ1) is 8.61. The van der Waals surface area contributed by atoms with E-state index in [1.165, 1.54) is 23.8 Å². The molecule has 1 aliphatic heterocycles. The van der Waals surface area contributed by atoms with Crippen molar-refractivity contribution in [1.82, 2.24) is 4.57 Å². The fourth-order valence-electron chi connectivity index (χ4n) is 2.42. The molecule has 1 unspecified atom stereocenters. The van der Waals surface area contributed by atoms with E-state index >= 15 is 0 Å². The molecule has 0 saturated carbocycles. The molecule has 3 rings (SSSR count). The maximum absolute atomic E-state index is 13.2. The molecule has 0 spiro atoms.